The van der Waals surface area contributed by atoms with Crippen LogP contribution in [0.3, 0.4) is 0 Å². The van der Waals surface area contributed by atoms with E-state index in [0.717, 1.165) is 12.8 Å². The molecule has 5 nitrogen and oxygen atoms in total. The fourth-order valence-corrected chi connectivity index (χ4v) is 2.24. The van der Waals surface area contributed by atoms with E-state index in [1.165, 1.54) is 27.4 Å². The molecule has 0 aliphatic carbocycles. The molecule has 1 rings (SSSR count). The molecule has 0 radical (unpaired) electrons. The van der Waals surface area contributed by atoms with Crippen molar-refractivity contribution >= 4 is 17.6 Å². The van der Waals surface area contributed by atoms with Gasteiger partial charge >= 0.3 is 5.97 Å². The zero-order valence-corrected chi connectivity index (χ0v) is 12.6. The van der Waals surface area contributed by atoms with Gasteiger partial charge in [-0.3, -0.25) is 0 Å². The van der Waals surface area contributed by atoms with Crippen molar-refractivity contribution in [2.45, 2.75) is 19.3 Å². The van der Waals surface area contributed by atoms with Crippen LogP contribution in [-0.2, 0) is 6.42 Å². The van der Waals surface area contributed by atoms with Crippen LogP contribution in [0.5, 0.6) is 17.2 Å². The number of unbranched alkanes of at least 4 members (excludes halogenated alkanes) is 1. The van der Waals surface area contributed by atoms with Crippen molar-refractivity contribution < 1.29 is 24.1 Å². The highest BCUT2D eigenvalue weighted by molar-refractivity contribution is 6.17. The lowest BCUT2D eigenvalue weighted by Gasteiger charge is -2.18. The quantitative estimate of drug-likeness (QED) is 0.591. The molecule has 0 aliphatic heterocycles. The molecule has 6 heteroatoms. The summed E-state index contributed by atoms with van der Waals surface area (Å²) < 4.78 is 15.8. The molecule has 0 unspecified atom stereocenters. The van der Waals surface area contributed by atoms with Crippen molar-refractivity contribution in [1.82, 2.24) is 0 Å². The van der Waals surface area contributed by atoms with Crippen LogP contribution in [0.15, 0.2) is 6.07 Å². The Morgan fingerprint density at radius 1 is 1.15 bits per heavy atom. The number of hydrogen-bond donors (Lipinski definition) is 1. The first-order chi connectivity index (χ1) is 9.60. The van der Waals surface area contributed by atoms with Crippen LogP contribution in [0.2, 0.25) is 0 Å². The predicted octanol–water partition coefficient (Wildman–Crippen LogP) is 2.97. The summed E-state index contributed by atoms with van der Waals surface area (Å²) in [5, 5.41) is 9.35. The summed E-state index contributed by atoms with van der Waals surface area (Å²) in [6, 6.07) is 1.46. The van der Waals surface area contributed by atoms with E-state index in [-0.39, 0.29) is 5.56 Å². The van der Waals surface area contributed by atoms with E-state index < -0.39 is 5.97 Å². The SMILES string of the molecule is COc1cc(C(=O)O)c(CCCCCl)c(OC)c1OC. The van der Waals surface area contributed by atoms with Crippen molar-refractivity contribution in [3.63, 3.8) is 0 Å². The molecule has 1 aromatic rings. The van der Waals surface area contributed by atoms with Crippen LogP contribution < -0.4 is 14.2 Å². The Morgan fingerprint density at radius 2 is 1.80 bits per heavy atom. The maximum Gasteiger partial charge on any atom is 0.336 e. The molecular formula is C14H19ClO5. The molecule has 112 valence electrons. The largest absolute Gasteiger partial charge is 0.493 e. The number of carboxylic acid groups (broad SMARTS) is 1. The smallest absolute Gasteiger partial charge is 0.336 e. The molecule has 0 spiro atoms. The van der Waals surface area contributed by atoms with E-state index in [1.807, 2.05) is 0 Å². The van der Waals surface area contributed by atoms with Gasteiger partial charge in [-0.15, -0.1) is 11.6 Å². The number of aromatic carboxylic acids is 1. The molecule has 0 amide bonds. The van der Waals surface area contributed by atoms with Crippen LogP contribution in [0.1, 0.15) is 28.8 Å². The number of rotatable bonds is 8. The Balaban J connectivity index is 3.37. The maximum atomic E-state index is 11.4. The molecule has 20 heavy (non-hydrogen) atoms. The van der Waals surface area contributed by atoms with Gasteiger partial charge in [0, 0.05) is 11.4 Å². The van der Waals surface area contributed by atoms with Crippen LogP contribution >= 0.6 is 11.6 Å². The lowest BCUT2D eigenvalue weighted by molar-refractivity contribution is 0.0694. The Kier molecular flexibility index (Phi) is 6.45. The average Bonchev–Trinajstić information content (AvgIpc) is 2.45. The Labute approximate surface area is 123 Å². The number of carboxylic acids is 1. The number of hydrogen-bond acceptors (Lipinski definition) is 4. The second-order valence-electron chi connectivity index (χ2n) is 4.12. The zero-order valence-electron chi connectivity index (χ0n) is 11.9. The third kappa shape index (κ3) is 3.48. The van der Waals surface area contributed by atoms with Crippen molar-refractivity contribution in [3.8, 4) is 17.2 Å². The molecule has 0 saturated carbocycles. The van der Waals surface area contributed by atoms with Gasteiger partial charge in [-0.2, -0.15) is 0 Å². The minimum absolute atomic E-state index is 0.161. The first-order valence-electron chi connectivity index (χ1n) is 6.21. The molecular weight excluding hydrogens is 284 g/mol. The van der Waals surface area contributed by atoms with E-state index in [1.54, 1.807) is 0 Å². The Morgan fingerprint density at radius 3 is 2.25 bits per heavy atom. The number of ether oxygens (including phenoxy) is 3. The molecule has 0 bridgehead atoms. The molecule has 1 aromatic carbocycles. The molecule has 0 aliphatic rings. The second-order valence-corrected chi connectivity index (χ2v) is 4.50. The normalized spacial score (nSPS) is 10.2. The summed E-state index contributed by atoms with van der Waals surface area (Å²) in [5.41, 5.74) is 0.761. The van der Waals surface area contributed by atoms with Gasteiger partial charge in [0.05, 0.1) is 26.9 Å². The zero-order chi connectivity index (χ0) is 15.1. The summed E-state index contributed by atoms with van der Waals surface area (Å²) in [7, 11) is 4.42. The van der Waals surface area contributed by atoms with Crippen LogP contribution in [0, 0.1) is 0 Å². The number of carbonyl (C=O) groups is 1. The van der Waals surface area contributed by atoms with Gasteiger partial charge in [0.15, 0.2) is 11.5 Å². The van der Waals surface area contributed by atoms with Gasteiger partial charge in [0.2, 0.25) is 5.75 Å². The lowest BCUT2D eigenvalue weighted by Crippen LogP contribution is -2.08. The van der Waals surface area contributed by atoms with Gasteiger partial charge in [0.25, 0.3) is 0 Å². The molecule has 0 heterocycles. The number of benzene rings is 1. The van der Waals surface area contributed by atoms with Crippen molar-refractivity contribution in [2.75, 3.05) is 27.2 Å². The van der Waals surface area contributed by atoms with E-state index in [9.17, 15) is 9.90 Å². The average molecular weight is 303 g/mol. The fraction of sp³-hybridized carbons (Fsp3) is 0.500. The summed E-state index contributed by atoms with van der Waals surface area (Å²) in [6.07, 6.45) is 2.13. The van der Waals surface area contributed by atoms with Crippen molar-refractivity contribution in [3.05, 3.63) is 17.2 Å². The third-order valence-electron chi connectivity index (χ3n) is 2.97. The molecule has 0 aromatic heterocycles. The van der Waals surface area contributed by atoms with Gasteiger partial charge in [-0.05, 0) is 25.3 Å². The first-order valence-corrected chi connectivity index (χ1v) is 6.75. The van der Waals surface area contributed by atoms with Crippen molar-refractivity contribution in [1.29, 1.82) is 0 Å². The van der Waals surface area contributed by atoms with E-state index in [2.05, 4.69) is 0 Å². The lowest BCUT2D eigenvalue weighted by atomic mass is 9.99. The maximum absolute atomic E-state index is 11.4. The minimum Gasteiger partial charge on any atom is -0.493 e. The van der Waals surface area contributed by atoms with Crippen molar-refractivity contribution in [2.24, 2.45) is 0 Å². The Bertz CT molecular complexity index is 473. The molecule has 0 atom stereocenters. The van der Waals surface area contributed by atoms with E-state index >= 15 is 0 Å². The summed E-state index contributed by atoms with van der Waals surface area (Å²) in [5.74, 6) is 0.658. The number of alkyl halides is 1. The summed E-state index contributed by atoms with van der Waals surface area (Å²) >= 11 is 5.66. The first kappa shape index (κ1) is 16.4. The number of halogens is 1. The van der Waals surface area contributed by atoms with Crippen LogP contribution in [0.4, 0.5) is 0 Å². The van der Waals surface area contributed by atoms with Gasteiger partial charge < -0.3 is 19.3 Å². The highest BCUT2D eigenvalue weighted by Crippen LogP contribution is 2.42. The minimum atomic E-state index is -1.02. The van der Waals surface area contributed by atoms with Crippen LogP contribution in [-0.4, -0.2) is 38.3 Å². The summed E-state index contributed by atoms with van der Waals surface area (Å²) in [4.78, 5) is 11.4. The van der Waals surface area contributed by atoms with Gasteiger partial charge in [-0.1, -0.05) is 0 Å². The summed E-state index contributed by atoms with van der Waals surface area (Å²) in [6.45, 7) is 0. The highest BCUT2D eigenvalue weighted by Gasteiger charge is 2.23. The Hall–Kier alpha value is -1.62. The number of methoxy groups -OCH3 is 3. The third-order valence-corrected chi connectivity index (χ3v) is 3.24. The monoisotopic (exact) mass is 302 g/mol. The van der Waals surface area contributed by atoms with E-state index in [4.69, 9.17) is 25.8 Å². The fourth-order valence-electron chi connectivity index (χ4n) is 2.05. The molecule has 1 N–H and O–H groups in total. The molecule has 0 saturated heterocycles. The van der Waals surface area contributed by atoms with Gasteiger partial charge in [-0.25, -0.2) is 4.79 Å². The second kappa shape index (κ2) is 7.85. The van der Waals surface area contributed by atoms with Crippen LogP contribution in [0.25, 0.3) is 0 Å². The standard InChI is InChI=1S/C14H19ClO5/c1-18-11-8-10(14(16)17)9(6-4-5-7-15)12(19-2)13(11)20-3/h8H,4-7H2,1-3H3,(H,16,17). The molecule has 0 fully saturated rings. The highest BCUT2D eigenvalue weighted by atomic mass is 35.5. The van der Waals surface area contributed by atoms with Gasteiger partial charge in [0.1, 0.15) is 0 Å². The topological polar surface area (TPSA) is 65.0 Å². The predicted molar refractivity (Wildman–Crippen MR) is 76.7 cm³/mol. The van der Waals surface area contributed by atoms with E-state index in [0.29, 0.717) is 35.1 Å².